The minimum atomic E-state index is 0.609. The van der Waals surface area contributed by atoms with Crippen LogP contribution in [0.25, 0.3) is 0 Å². The zero-order valence-electron chi connectivity index (χ0n) is 11.5. The fraction of sp³-hybridized carbons (Fsp3) is 0.176. The van der Waals surface area contributed by atoms with Crippen molar-refractivity contribution in [3.05, 3.63) is 65.2 Å². The summed E-state index contributed by atoms with van der Waals surface area (Å²) >= 11 is 5.50. The monoisotopic (exact) mass is 293 g/mol. The van der Waals surface area contributed by atoms with Gasteiger partial charge < -0.3 is 10.2 Å². The average molecular weight is 293 g/mol. The van der Waals surface area contributed by atoms with Gasteiger partial charge in [0.05, 0.1) is 11.3 Å². The van der Waals surface area contributed by atoms with E-state index >= 15 is 0 Å². The van der Waals surface area contributed by atoms with E-state index in [1.807, 2.05) is 18.2 Å². The molecule has 0 aliphatic carbocycles. The summed E-state index contributed by atoms with van der Waals surface area (Å²) in [7, 11) is 0. The topological polar surface area (TPSA) is 39.1 Å². The fourth-order valence-electron chi connectivity index (χ4n) is 2.55. The lowest BCUT2D eigenvalue weighted by Gasteiger charge is -2.31. The molecule has 0 bridgehead atoms. The Morgan fingerprint density at radius 1 is 1.10 bits per heavy atom. The van der Waals surface area contributed by atoms with Gasteiger partial charge in [-0.1, -0.05) is 36.4 Å². The largest absolute Gasteiger partial charge is 0.344 e. The normalized spacial score (nSPS) is 13.2. The van der Waals surface area contributed by atoms with Crippen molar-refractivity contribution in [2.75, 3.05) is 11.9 Å². The summed E-state index contributed by atoms with van der Waals surface area (Å²) in [5.74, 6) is 0. The molecule has 1 heterocycles. The first-order valence-electron chi connectivity index (χ1n) is 6.90. The van der Waals surface area contributed by atoms with Crippen molar-refractivity contribution in [1.29, 1.82) is 5.26 Å². The SMILES string of the molecule is N#Cc1ccccc1NC(=S)N1CCc2ccccc2C1. The molecule has 2 aromatic rings. The van der Waals surface area contributed by atoms with Gasteiger partial charge in [-0.3, -0.25) is 0 Å². The van der Waals surface area contributed by atoms with E-state index in [0.717, 1.165) is 25.2 Å². The van der Waals surface area contributed by atoms with Crippen molar-refractivity contribution < 1.29 is 0 Å². The smallest absolute Gasteiger partial charge is 0.173 e. The van der Waals surface area contributed by atoms with Gasteiger partial charge in [-0.15, -0.1) is 0 Å². The van der Waals surface area contributed by atoms with Crippen LogP contribution in [0.4, 0.5) is 5.69 Å². The summed E-state index contributed by atoms with van der Waals surface area (Å²) in [5.41, 5.74) is 4.09. The van der Waals surface area contributed by atoms with Crippen LogP contribution < -0.4 is 5.32 Å². The molecule has 3 rings (SSSR count). The molecule has 0 spiro atoms. The highest BCUT2D eigenvalue weighted by atomic mass is 32.1. The maximum absolute atomic E-state index is 9.12. The summed E-state index contributed by atoms with van der Waals surface area (Å²) in [6, 6.07) is 18.1. The van der Waals surface area contributed by atoms with E-state index in [2.05, 4.69) is 40.6 Å². The van der Waals surface area contributed by atoms with Crippen LogP contribution in [-0.4, -0.2) is 16.6 Å². The van der Waals surface area contributed by atoms with Crippen LogP contribution in [0.1, 0.15) is 16.7 Å². The van der Waals surface area contributed by atoms with Crippen molar-refractivity contribution in [3.63, 3.8) is 0 Å². The van der Waals surface area contributed by atoms with Crippen molar-refractivity contribution in [3.8, 4) is 6.07 Å². The van der Waals surface area contributed by atoms with Gasteiger partial charge in [0, 0.05) is 13.1 Å². The highest BCUT2D eigenvalue weighted by molar-refractivity contribution is 7.80. The molecule has 0 radical (unpaired) electrons. The van der Waals surface area contributed by atoms with Gasteiger partial charge in [0.25, 0.3) is 0 Å². The lowest BCUT2D eigenvalue weighted by atomic mass is 10.0. The maximum atomic E-state index is 9.12. The molecule has 0 aromatic heterocycles. The molecule has 1 aliphatic rings. The van der Waals surface area contributed by atoms with Crippen LogP contribution in [0.2, 0.25) is 0 Å². The minimum absolute atomic E-state index is 0.609. The van der Waals surface area contributed by atoms with E-state index in [9.17, 15) is 0 Å². The quantitative estimate of drug-likeness (QED) is 0.819. The third-order valence-corrected chi connectivity index (χ3v) is 4.07. The van der Waals surface area contributed by atoms with Gasteiger partial charge >= 0.3 is 0 Å². The molecule has 0 amide bonds. The lowest BCUT2D eigenvalue weighted by molar-refractivity contribution is 0.399. The number of nitrogens with zero attached hydrogens (tertiary/aromatic N) is 2. The van der Waals surface area contributed by atoms with Gasteiger partial charge in [-0.2, -0.15) is 5.26 Å². The minimum Gasteiger partial charge on any atom is -0.344 e. The number of fused-ring (bicyclic) bond motifs is 1. The average Bonchev–Trinajstić information content (AvgIpc) is 2.55. The first-order chi connectivity index (χ1) is 10.3. The van der Waals surface area contributed by atoms with E-state index in [4.69, 9.17) is 17.5 Å². The summed E-state index contributed by atoms with van der Waals surface area (Å²) in [5, 5.41) is 13.0. The Labute approximate surface area is 129 Å². The molecule has 0 saturated heterocycles. The molecule has 0 unspecified atom stereocenters. The highest BCUT2D eigenvalue weighted by Gasteiger charge is 2.18. The molecule has 3 nitrogen and oxygen atoms in total. The predicted molar refractivity (Wildman–Crippen MR) is 87.9 cm³/mol. The molecule has 104 valence electrons. The van der Waals surface area contributed by atoms with Crippen LogP contribution in [0.15, 0.2) is 48.5 Å². The van der Waals surface area contributed by atoms with E-state index in [0.29, 0.717) is 10.7 Å². The molecule has 0 fully saturated rings. The molecule has 21 heavy (non-hydrogen) atoms. The molecule has 0 saturated carbocycles. The van der Waals surface area contributed by atoms with Gasteiger partial charge in [0.2, 0.25) is 0 Å². The summed E-state index contributed by atoms with van der Waals surface area (Å²) in [4.78, 5) is 2.14. The number of para-hydroxylation sites is 1. The number of benzene rings is 2. The van der Waals surface area contributed by atoms with Gasteiger partial charge in [0.1, 0.15) is 6.07 Å². The van der Waals surface area contributed by atoms with Crippen molar-refractivity contribution >= 4 is 23.0 Å². The number of nitrogens with one attached hydrogen (secondary N) is 1. The molecule has 4 heteroatoms. The molecular formula is C17H15N3S. The molecule has 1 aliphatic heterocycles. The summed E-state index contributed by atoms with van der Waals surface area (Å²) in [6.07, 6.45) is 0.998. The van der Waals surface area contributed by atoms with Gasteiger partial charge in [-0.25, -0.2) is 0 Å². The molecule has 1 N–H and O–H groups in total. The number of nitriles is 1. The highest BCUT2D eigenvalue weighted by Crippen LogP contribution is 2.20. The molecule has 0 atom stereocenters. The Kier molecular flexibility index (Phi) is 3.85. The number of hydrogen-bond donors (Lipinski definition) is 1. The van der Waals surface area contributed by atoms with Crippen molar-refractivity contribution in [2.24, 2.45) is 0 Å². The van der Waals surface area contributed by atoms with Gasteiger partial charge in [0.15, 0.2) is 5.11 Å². The fourth-order valence-corrected chi connectivity index (χ4v) is 2.82. The third-order valence-electron chi connectivity index (χ3n) is 3.71. The Morgan fingerprint density at radius 2 is 1.81 bits per heavy atom. The second-order valence-electron chi connectivity index (χ2n) is 5.03. The number of anilines is 1. The molecular weight excluding hydrogens is 278 g/mol. The number of hydrogen-bond acceptors (Lipinski definition) is 2. The third kappa shape index (κ3) is 2.88. The van der Waals surface area contributed by atoms with Crippen LogP contribution in [0.3, 0.4) is 0 Å². The zero-order valence-corrected chi connectivity index (χ0v) is 12.4. The second kappa shape index (κ2) is 5.94. The summed E-state index contributed by atoms with van der Waals surface area (Å²) < 4.78 is 0. The number of thiocarbonyl (C=S) groups is 1. The Morgan fingerprint density at radius 3 is 2.62 bits per heavy atom. The Hall–Kier alpha value is -2.38. The zero-order chi connectivity index (χ0) is 14.7. The first-order valence-corrected chi connectivity index (χ1v) is 7.30. The maximum Gasteiger partial charge on any atom is 0.173 e. The summed E-state index contributed by atoms with van der Waals surface area (Å²) in [6.45, 7) is 1.72. The number of rotatable bonds is 1. The van der Waals surface area contributed by atoms with E-state index < -0.39 is 0 Å². The lowest BCUT2D eigenvalue weighted by Crippen LogP contribution is -2.38. The van der Waals surface area contributed by atoms with Crippen LogP contribution in [-0.2, 0) is 13.0 Å². The Balaban J connectivity index is 1.74. The van der Waals surface area contributed by atoms with Crippen LogP contribution >= 0.6 is 12.2 Å². The van der Waals surface area contributed by atoms with E-state index in [-0.39, 0.29) is 0 Å². The van der Waals surface area contributed by atoms with Gasteiger partial charge in [-0.05, 0) is 41.9 Å². The van der Waals surface area contributed by atoms with Crippen molar-refractivity contribution in [2.45, 2.75) is 13.0 Å². The van der Waals surface area contributed by atoms with E-state index in [1.165, 1.54) is 11.1 Å². The standard InChI is InChI=1S/C17H15N3S/c18-11-14-6-3-4-8-16(14)19-17(21)20-10-9-13-5-1-2-7-15(13)12-20/h1-8H,9-10,12H2,(H,19,21). The Bertz CT molecular complexity index is 718. The van der Waals surface area contributed by atoms with E-state index in [1.54, 1.807) is 6.07 Å². The first kappa shape index (κ1) is 13.6. The van der Waals surface area contributed by atoms with Crippen LogP contribution in [0, 0.1) is 11.3 Å². The predicted octanol–water partition coefficient (Wildman–Crippen LogP) is 3.31. The molecule has 2 aromatic carbocycles. The second-order valence-corrected chi connectivity index (χ2v) is 5.41. The van der Waals surface area contributed by atoms with Crippen molar-refractivity contribution in [1.82, 2.24) is 4.90 Å². The van der Waals surface area contributed by atoms with Crippen LogP contribution in [0.5, 0.6) is 0 Å².